The summed E-state index contributed by atoms with van der Waals surface area (Å²) in [5.74, 6) is -0.312. The third-order valence-corrected chi connectivity index (χ3v) is 0.624. The van der Waals surface area contributed by atoms with Crippen LogP contribution in [-0.2, 0) is 9.53 Å². The second kappa shape index (κ2) is 14.5. The van der Waals surface area contributed by atoms with Crippen LogP contribution < -0.4 is 11.5 Å². The summed E-state index contributed by atoms with van der Waals surface area (Å²) in [6.45, 7) is 10.1. The highest BCUT2D eigenvalue weighted by atomic mass is 16.5. The van der Waals surface area contributed by atoms with Crippen LogP contribution in [0.3, 0.4) is 0 Å². The number of aliphatic hydroxyl groups is 1. The van der Waals surface area contributed by atoms with Crippen LogP contribution in [0.1, 0.15) is 13.8 Å². The lowest BCUT2D eigenvalue weighted by atomic mass is 10.4. The molecule has 2 amide bonds. The van der Waals surface area contributed by atoms with Crippen molar-refractivity contribution in [1.29, 1.82) is 0 Å². The normalized spacial score (nSPS) is 6.80. The Hall–Kier alpha value is -1.98. The van der Waals surface area contributed by atoms with Gasteiger partial charge in [0.25, 0.3) is 0 Å². The van der Waals surface area contributed by atoms with Crippen LogP contribution in [0.15, 0.2) is 25.0 Å². The summed E-state index contributed by atoms with van der Waals surface area (Å²) < 4.78 is 4.56. The van der Waals surface area contributed by atoms with Gasteiger partial charge in [-0.25, -0.2) is 9.59 Å². The quantitative estimate of drug-likeness (QED) is 0.361. The molecule has 0 radical (unpaired) electrons. The Balaban J connectivity index is -0.000000173. The fourth-order valence-corrected chi connectivity index (χ4v) is 0.254. The number of aliphatic hydroxyl groups excluding tert-OH is 1. The summed E-state index contributed by atoms with van der Waals surface area (Å²) in [4.78, 5) is 19.4. The van der Waals surface area contributed by atoms with Crippen LogP contribution in [0.25, 0.3) is 0 Å². The van der Waals surface area contributed by atoms with E-state index in [0.717, 1.165) is 6.26 Å². The summed E-state index contributed by atoms with van der Waals surface area (Å²) in [6, 6.07) is -0.833. The molecular formula is C9H18N2O4. The lowest BCUT2D eigenvalue weighted by molar-refractivity contribution is -0.138. The molecule has 0 bridgehead atoms. The molecule has 0 aromatic rings. The molecule has 0 aliphatic rings. The zero-order chi connectivity index (χ0) is 12.9. The molecule has 0 fully saturated rings. The number of carbonyl (C=O) groups excluding carboxylic acids is 2. The van der Waals surface area contributed by atoms with Crippen molar-refractivity contribution in [3.63, 3.8) is 0 Å². The number of urea groups is 1. The first-order valence-corrected chi connectivity index (χ1v) is 3.96. The molecule has 88 valence electrons. The minimum Gasteiger partial charge on any atom is -0.516 e. The smallest absolute Gasteiger partial charge is 0.333 e. The molecule has 6 heteroatoms. The van der Waals surface area contributed by atoms with Crippen molar-refractivity contribution in [2.24, 2.45) is 11.5 Å². The second-order valence-electron chi connectivity index (χ2n) is 2.09. The first-order chi connectivity index (χ1) is 6.83. The van der Waals surface area contributed by atoms with Gasteiger partial charge in [-0.2, -0.15) is 0 Å². The molecule has 6 nitrogen and oxygen atoms in total. The third-order valence-electron chi connectivity index (χ3n) is 0.624. The molecule has 0 atom stereocenters. The molecule has 0 aliphatic carbocycles. The minimum absolute atomic E-state index is 0.312. The van der Waals surface area contributed by atoms with E-state index in [1.165, 1.54) is 0 Å². The Morgan fingerprint density at radius 3 is 1.80 bits per heavy atom. The lowest BCUT2D eigenvalue weighted by Gasteiger charge is -1.96. The number of rotatable bonds is 2. The van der Waals surface area contributed by atoms with Crippen LogP contribution in [0.4, 0.5) is 4.79 Å². The Bertz CT molecular complexity index is 210. The van der Waals surface area contributed by atoms with E-state index in [1.807, 2.05) is 0 Å². The van der Waals surface area contributed by atoms with E-state index >= 15 is 0 Å². The fourth-order valence-electron chi connectivity index (χ4n) is 0.254. The van der Waals surface area contributed by atoms with Crippen molar-refractivity contribution in [3.8, 4) is 0 Å². The van der Waals surface area contributed by atoms with Gasteiger partial charge in [0.15, 0.2) is 0 Å². The standard InChI is InChI=1S/C6H10O2.C2H4O.CH4N2O/c1-4-8-6(7)5(2)3;1-2-3;2-1(3)4/h2,4H2,1,3H3;2-3H,1H2;(H4,2,3,4). The zero-order valence-corrected chi connectivity index (χ0v) is 9.03. The number of primary amides is 2. The van der Waals surface area contributed by atoms with Gasteiger partial charge < -0.3 is 21.3 Å². The molecule has 0 aromatic carbocycles. The number of amides is 2. The Kier molecular flexibility index (Phi) is 18.2. The van der Waals surface area contributed by atoms with Crippen LogP contribution in [0.5, 0.6) is 0 Å². The van der Waals surface area contributed by atoms with Gasteiger partial charge in [-0.05, 0) is 13.8 Å². The first-order valence-electron chi connectivity index (χ1n) is 3.96. The van der Waals surface area contributed by atoms with E-state index in [1.54, 1.807) is 13.8 Å². The molecule has 0 unspecified atom stereocenters. The largest absolute Gasteiger partial charge is 0.516 e. The molecule has 0 saturated heterocycles. The summed E-state index contributed by atoms with van der Waals surface area (Å²) in [5.41, 5.74) is 8.95. The van der Waals surface area contributed by atoms with E-state index in [9.17, 15) is 4.79 Å². The molecule has 0 rings (SSSR count). The van der Waals surface area contributed by atoms with Crippen molar-refractivity contribution in [2.45, 2.75) is 13.8 Å². The lowest BCUT2D eigenvalue weighted by Crippen LogP contribution is -2.18. The summed E-state index contributed by atoms with van der Waals surface area (Å²) in [6.07, 6.45) is 0.750. The van der Waals surface area contributed by atoms with Gasteiger partial charge >= 0.3 is 12.0 Å². The highest BCUT2D eigenvalue weighted by Gasteiger charge is 1.98. The maximum absolute atomic E-state index is 10.4. The van der Waals surface area contributed by atoms with Gasteiger partial charge in [-0.3, -0.25) is 0 Å². The minimum atomic E-state index is -0.833. The summed E-state index contributed by atoms with van der Waals surface area (Å²) in [5, 5.41) is 7.33. The van der Waals surface area contributed by atoms with E-state index in [2.05, 4.69) is 29.4 Å². The third kappa shape index (κ3) is 47.9. The molecule has 0 spiro atoms. The molecule has 0 saturated carbocycles. The zero-order valence-electron chi connectivity index (χ0n) is 9.03. The number of nitrogens with two attached hydrogens (primary N) is 2. The van der Waals surface area contributed by atoms with E-state index < -0.39 is 6.03 Å². The van der Waals surface area contributed by atoms with Gasteiger partial charge in [0.05, 0.1) is 12.9 Å². The summed E-state index contributed by atoms with van der Waals surface area (Å²) in [7, 11) is 0. The van der Waals surface area contributed by atoms with Crippen molar-refractivity contribution in [3.05, 3.63) is 25.0 Å². The summed E-state index contributed by atoms with van der Waals surface area (Å²) >= 11 is 0. The van der Waals surface area contributed by atoms with E-state index in [0.29, 0.717) is 12.2 Å². The topological polar surface area (TPSA) is 116 Å². The average molecular weight is 218 g/mol. The number of esters is 1. The van der Waals surface area contributed by atoms with Crippen molar-refractivity contribution < 1.29 is 19.4 Å². The first kappa shape index (κ1) is 18.7. The van der Waals surface area contributed by atoms with E-state index in [4.69, 9.17) is 9.90 Å². The van der Waals surface area contributed by atoms with Crippen molar-refractivity contribution >= 4 is 12.0 Å². The monoisotopic (exact) mass is 218 g/mol. The molecule has 0 heterocycles. The van der Waals surface area contributed by atoms with Gasteiger partial charge in [0.1, 0.15) is 0 Å². The highest BCUT2D eigenvalue weighted by Crippen LogP contribution is 1.89. The van der Waals surface area contributed by atoms with Gasteiger partial charge in [-0.1, -0.05) is 13.2 Å². The maximum atomic E-state index is 10.4. The second-order valence-corrected chi connectivity index (χ2v) is 2.09. The van der Waals surface area contributed by atoms with Gasteiger partial charge in [0.2, 0.25) is 0 Å². The van der Waals surface area contributed by atoms with Crippen LogP contribution in [-0.4, -0.2) is 23.7 Å². The molecular weight excluding hydrogens is 200 g/mol. The van der Waals surface area contributed by atoms with Crippen molar-refractivity contribution in [2.75, 3.05) is 6.61 Å². The Labute approximate surface area is 89.2 Å². The van der Waals surface area contributed by atoms with Gasteiger partial charge in [0, 0.05) is 5.57 Å². The number of hydrogen-bond donors (Lipinski definition) is 3. The predicted octanol–water partition coefficient (Wildman–Crippen LogP) is 0.837. The molecule has 5 N–H and O–H groups in total. The number of hydrogen-bond acceptors (Lipinski definition) is 4. The SMILES string of the molecule is C=C(C)C(=O)OCC.C=CO.NC(N)=O. The predicted molar refractivity (Wildman–Crippen MR) is 58.0 cm³/mol. The van der Waals surface area contributed by atoms with Crippen molar-refractivity contribution in [1.82, 2.24) is 0 Å². The van der Waals surface area contributed by atoms with Gasteiger partial charge in [-0.15, -0.1) is 0 Å². The Morgan fingerprint density at radius 1 is 1.47 bits per heavy atom. The van der Waals surface area contributed by atoms with Crippen LogP contribution in [0, 0.1) is 0 Å². The average Bonchev–Trinajstić information content (AvgIpc) is 2.04. The van der Waals surface area contributed by atoms with Crippen LogP contribution >= 0.6 is 0 Å². The Morgan fingerprint density at radius 2 is 1.73 bits per heavy atom. The molecule has 15 heavy (non-hydrogen) atoms. The molecule has 0 aromatic heterocycles. The molecule has 0 aliphatic heterocycles. The van der Waals surface area contributed by atoms with E-state index in [-0.39, 0.29) is 5.97 Å². The van der Waals surface area contributed by atoms with Crippen LogP contribution in [0.2, 0.25) is 0 Å². The fraction of sp³-hybridized carbons (Fsp3) is 0.333. The number of carbonyl (C=O) groups is 2. The number of ether oxygens (including phenoxy) is 1. The maximum Gasteiger partial charge on any atom is 0.333 e. The highest BCUT2D eigenvalue weighted by molar-refractivity contribution is 5.86.